The molecule has 3 atom stereocenters. The number of hydrogen-bond acceptors (Lipinski definition) is 2. The van der Waals surface area contributed by atoms with Crippen LogP contribution in [0.3, 0.4) is 0 Å². The first-order valence-electron chi connectivity index (χ1n) is 4.67. The van der Waals surface area contributed by atoms with E-state index in [1.165, 1.54) is 0 Å². The van der Waals surface area contributed by atoms with Gasteiger partial charge >= 0.3 is 0 Å². The van der Waals surface area contributed by atoms with Crippen LogP contribution in [0.25, 0.3) is 0 Å². The number of fused-ring (bicyclic) bond motifs is 1. The maximum atomic E-state index is 11.5. The van der Waals surface area contributed by atoms with E-state index in [1.807, 2.05) is 6.08 Å². The molecule has 0 aromatic rings. The zero-order chi connectivity index (χ0) is 8.55. The first-order valence-corrected chi connectivity index (χ1v) is 4.67. The standard InChI is InChI=1S/C10H15NO/c1-2-3-8-9-6-11-5-7(9)4-10(8)12/h2,7-9,11H,1,3-6H2/t7-,8?,9+/m0/s1. The van der Waals surface area contributed by atoms with E-state index >= 15 is 0 Å². The van der Waals surface area contributed by atoms with Crippen LogP contribution in [-0.4, -0.2) is 18.9 Å². The van der Waals surface area contributed by atoms with E-state index in [1.54, 1.807) is 0 Å². The third kappa shape index (κ3) is 1.11. The highest BCUT2D eigenvalue weighted by molar-refractivity contribution is 5.84. The molecule has 1 unspecified atom stereocenters. The summed E-state index contributed by atoms with van der Waals surface area (Å²) < 4.78 is 0. The molecule has 0 amide bonds. The third-order valence-corrected chi connectivity index (χ3v) is 3.21. The minimum Gasteiger partial charge on any atom is -0.316 e. The van der Waals surface area contributed by atoms with Gasteiger partial charge in [-0.25, -0.2) is 0 Å². The molecule has 1 aliphatic carbocycles. The second kappa shape index (κ2) is 3.02. The summed E-state index contributed by atoms with van der Waals surface area (Å²) in [4.78, 5) is 11.5. The van der Waals surface area contributed by atoms with Crippen LogP contribution in [0.1, 0.15) is 12.8 Å². The monoisotopic (exact) mass is 165 g/mol. The van der Waals surface area contributed by atoms with Gasteiger partial charge in [-0.1, -0.05) is 6.08 Å². The third-order valence-electron chi connectivity index (χ3n) is 3.21. The fraction of sp³-hybridized carbons (Fsp3) is 0.700. The van der Waals surface area contributed by atoms with Gasteiger partial charge in [0.2, 0.25) is 0 Å². The molecule has 0 aromatic carbocycles. The van der Waals surface area contributed by atoms with Crippen molar-refractivity contribution in [3.8, 4) is 0 Å². The van der Waals surface area contributed by atoms with Gasteiger partial charge in [0.05, 0.1) is 0 Å². The molecule has 2 rings (SSSR count). The molecule has 0 bridgehead atoms. The maximum Gasteiger partial charge on any atom is 0.136 e. The van der Waals surface area contributed by atoms with E-state index in [-0.39, 0.29) is 5.92 Å². The normalized spacial score (nSPS) is 40.0. The molecular formula is C10H15NO. The second-order valence-corrected chi connectivity index (χ2v) is 3.88. The van der Waals surface area contributed by atoms with Gasteiger partial charge in [0.25, 0.3) is 0 Å². The van der Waals surface area contributed by atoms with Gasteiger partial charge < -0.3 is 5.32 Å². The minimum atomic E-state index is 0.280. The van der Waals surface area contributed by atoms with Crippen molar-refractivity contribution in [1.82, 2.24) is 5.32 Å². The number of carbonyl (C=O) groups is 1. The Bertz CT molecular complexity index is 212. The number of Topliss-reactive ketones (excluding diaryl/α,β-unsaturated/α-hetero) is 1. The van der Waals surface area contributed by atoms with Gasteiger partial charge in [-0.3, -0.25) is 4.79 Å². The predicted octanol–water partition coefficient (Wildman–Crippen LogP) is 0.987. The lowest BCUT2D eigenvalue weighted by atomic mass is 9.90. The number of allylic oxidation sites excluding steroid dienone is 1. The Hall–Kier alpha value is -0.630. The first-order chi connectivity index (χ1) is 5.83. The summed E-state index contributed by atoms with van der Waals surface area (Å²) in [7, 11) is 0. The molecule has 12 heavy (non-hydrogen) atoms. The highest BCUT2D eigenvalue weighted by atomic mass is 16.1. The molecular weight excluding hydrogens is 150 g/mol. The maximum absolute atomic E-state index is 11.5. The first kappa shape index (κ1) is 7.99. The molecule has 1 aliphatic heterocycles. The lowest BCUT2D eigenvalue weighted by molar-refractivity contribution is -0.121. The van der Waals surface area contributed by atoms with Crippen LogP contribution >= 0.6 is 0 Å². The van der Waals surface area contributed by atoms with Gasteiger partial charge in [-0.05, 0) is 31.3 Å². The number of ketones is 1. The molecule has 1 saturated heterocycles. The summed E-state index contributed by atoms with van der Waals surface area (Å²) in [5.74, 6) is 1.98. The second-order valence-electron chi connectivity index (χ2n) is 3.88. The summed E-state index contributed by atoms with van der Waals surface area (Å²) in [6.07, 6.45) is 3.56. The Balaban J connectivity index is 2.10. The predicted molar refractivity (Wildman–Crippen MR) is 47.8 cm³/mol. The highest BCUT2D eigenvalue weighted by Crippen LogP contribution is 2.38. The van der Waals surface area contributed by atoms with Gasteiger partial charge in [-0.15, -0.1) is 6.58 Å². The fourth-order valence-corrected chi connectivity index (χ4v) is 2.58. The molecule has 2 fully saturated rings. The number of nitrogens with one attached hydrogen (secondary N) is 1. The summed E-state index contributed by atoms with van der Waals surface area (Å²) in [5, 5.41) is 3.35. The number of rotatable bonds is 2. The van der Waals surface area contributed by atoms with Crippen molar-refractivity contribution in [3.63, 3.8) is 0 Å². The van der Waals surface area contributed by atoms with E-state index in [2.05, 4.69) is 11.9 Å². The van der Waals surface area contributed by atoms with Crippen LogP contribution in [0.2, 0.25) is 0 Å². The topological polar surface area (TPSA) is 29.1 Å². The Kier molecular flexibility index (Phi) is 2.01. The lowest BCUT2D eigenvalue weighted by Crippen LogP contribution is -2.20. The molecule has 2 aliphatic rings. The molecule has 1 saturated carbocycles. The van der Waals surface area contributed by atoms with Gasteiger partial charge in [0.15, 0.2) is 0 Å². The number of hydrogen-bond donors (Lipinski definition) is 1. The summed E-state index contributed by atoms with van der Waals surface area (Å²) >= 11 is 0. The smallest absolute Gasteiger partial charge is 0.136 e. The van der Waals surface area contributed by atoms with E-state index in [4.69, 9.17) is 0 Å². The molecule has 1 N–H and O–H groups in total. The highest BCUT2D eigenvalue weighted by Gasteiger charge is 2.43. The van der Waals surface area contributed by atoms with E-state index in [0.29, 0.717) is 17.6 Å². The molecule has 2 nitrogen and oxygen atoms in total. The van der Waals surface area contributed by atoms with E-state index < -0.39 is 0 Å². The Morgan fingerprint density at radius 1 is 1.58 bits per heavy atom. The van der Waals surface area contributed by atoms with Crippen molar-refractivity contribution in [2.24, 2.45) is 17.8 Å². The SMILES string of the molecule is C=CCC1C(=O)C[C@H]2CNC[C@@H]12. The lowest BCUT2D eigenvalue weighted by Gasteiger charge is -2.13. The van der Waals surface area contributed by atoms with Crippen LogP contribution < -0.4 is 5.32 Å². The molecule has 0 radical (unpaired) electrons. The molecule has 66 valence electrons. The van der Waals surface area contributed by atoms with E-state index in [0.717, 1.165) is 25.9 Å². The summed E-state index contributed by atoms with van der Waals surface area (Å²) in [5.41, 5.74) is 0. The van der Waals surface area contributed by atoms with Crippen molar-refractivity contribution in [2.75, 3.05) is 13.1 Å². The fourth-order valence-electron chi connectivity index (χ4n) is 2.58. The van der Waals surface area contributed by atoms with Crippen molar-refractivity contribution in [1.29, 1.82) is 0 Å². The Morgan fingerprint density at radius 2 is 2.42 bits per heavy atom. The molecule has 0 aromatic heterocycles. The number of carbonyl (C=O) groups excluding carboxylic acids is 1. The Morgan fingerprint density at radius 3 is 3.17 bits per heavy atom. The van der Waals surface area contributed by atoms with Gasteiger partial charge in [0.1, 0.15) is 5.78 Å². The van der Waals surface area contributed by atoms with Crippen molar-refractivity contribution in [2.45, 2.75) is 12.8 Å². The molecule has 0 spiro atoms. The molecule has 2 heteroatoms. The van der Waals surface area contributed by atoms with Crippen LogP contribution in [0, 0.1) is 17.8 Å². The van der Waals surface area contributed by atoms with Crippen LogP contribution in [0.15, 0.2) is 12.7 Å². The van der Waals surface area contributed by atoms with Crippen molar-refractivity contribution >= 4 is 5.78 Å². The van der Waals surface area contributed by atoms with Crippen molar-refractivity contribution in [3.05, 3.63) is 12.7 Å². The minimum absolute atomic E-state index is 0.280. The zero-order valence-electron chi connectivity index (χ0n) is 7.25. The largest absolute Gasteiger partial charge is 0.316 e. The van der Waals surface area contributed by atoms with Crippen molar-refractivity contribution < 1.29 is 4.79 Å². The van der Waals surface area contributed by atoms with Crippen LogP contribution in [-0.2, 0) is 4.79 Å². The average molecular weight is 165 g/mol. The van der Waals surface area contributed by atoms with Gasteiger partial charge in [0, 0.05) is 12.3 Å². The van der Waals surface area contributed by atoms with Crippen LogP contribution in [0.5, 0.6) is 0 Å². The molecule has 1 heterocycles. The van der Waals surface area contributed by atoms with E-state index in [9.17, 15) is 4.79 Å². The summed E-state index contributed by atoms with van der Waals surface area (Å²) in [6.45, 7) is 5.78. The summed E-state index contributed by atoms with van der Waals surface area (Å²) in [6, 6.07) is 0. The zero-order valence-corrected chi connectivity index (χ0v) is 7.25. The van der Waals surface area contributed by atoms with Gasteiger partial charge in [-0.2, -0.15) is 0 Å². The van der Waals surface area contributed by atoms with Crippen LogP contribution in [0.4, 0.5) is 0 Å². The quantitative estimate of drug-likeness (QED) is 0.618. The average Bonchev–Trinajstić information content (AvgIpc) is 2.56. The Labute approximate surface area is 73.0 Å².